The van der Waals surface area contributed by atoms with Crippen LogP contribution >= 0.6 is 0 Å². The molecule has 0 aromatic carbocycles. The molecule has 0 spiro atoms. The number of hydrogen-bond donors (Lipinski definition) is 1. The van der Waals surface area contributed by atoms with Gasteiger partial charge in [-0.25, -0.2) is 4.98 Å². The first-order valence-corrected chi connectivity index (χ1v) is 4.17. The van der Waals surface area contributed by atoms with Crippen LogP contribution in [0.2, 0.25) is 0 Å². The molecule has 0 saturated heterocycles. The number of aromatic nitrogens is 3. The van der Waals surface area contributed by atoms with Crippen LogP contribution in [0.15, 0.2) is 18.6 Å². The number of rotatable bonds is 1. The number of imidazole rings is 1. The molecular weight excluding hydrogens is 166 g/mol. The first-order valence-electron chi connectivity index (χ1n) is 4.17. The minimum atomic E-state index is -0.502. The molecule has 2 heterocycles. The van der Waals surface area contributed by atoms with Gasteiger partial charge in [0, 0.05) is 12.4 Å². The lowest BCUT2D eigenvalue weighted by atomic mass is 10.2. The quantitative estimate of drug-likeness (QED) is 0.709. The number of aryl methyl sites for hydroxylation is 1. The molecule has 1 N–H and O–H groups in total. The molecule has 0 aliphatic rings. The summed E-state index contributed by atoms with van der Waals surface area (Å²) in [6.07, 6.45) is 4.66. The predicted molar refractivity (Wildman–Crippen MR) is 48.4 cm³/mol. The van der Waals surface area contributed by atoms with E-state index in [1.54, 1.807) is 25.5 Å². The second kappa shape index (κ2) is 2.81. The summed E-state index contributed by atoms with van der Waals surface area (Å²) in [4.78, 5) is 8.24. The van der Waals surface area contributed by atoms with Crippen molar-refractivity contribution < 1.29 is 5.11 Å². The van der Waals surface area contributed by atoms with Crippen molar-refractivity contribution in [3.05, 3.63) is 30.0 Å². The highest BCUT2D eigenvalue weighted by Crippen LogP contribution is 2.17. The van der Waals surface area contributed by atoms with Crippen molar-refractivity contribution in [2.45, 2.75) is 20.0 Å². The van der Waals surface area contributed by atoms with Crippen LogP contribution in [0.5, 0.6) is 0 Å². The fourth-order valence-electron chi connectivity index (χ4n) is 1.55. The third kappa shape index (κ3) is 1.19. The van der Waals surface area contributed by atoms with Crippen molar-refractivity contribution in [2.75, 3.05) is 0 Å². The Morgan fingerprint density at radius 1 is 1.54 bits per heavy atom. The van der Waals surface area contributed by atoms with E-state index < -0.39 is 6.10 Å². The fourth-order valence-corrected chi connectivity index (χ4v) is 1.55. The summed E-state index contributed by atoms with van der Waals surface area (Å²) in [7, 11) is 0. The lowest BCUT2D eigenvalue weighted by Crippen LogP contribution is -1.98. The highest BCUT2D eigenvalue weighted by Gasteiger charge is 2.12. The van der Waals surface area contributed by atoms with E-state index in [1.807, 2.05) is 11.3 Å². The van der Waals surface area contributed by atoms with Crippen LogP contribution in [0.3, 0.4) is 0 Å². The Morgan fingerprint density at radius 3 is 3.00 bits per heavy atom. The van der Waals surface area contributed by atoms with Crippen molar-refractivity contribution in [1.29, 1.82) is 0 Å². The number of aliphatic hydroxyl groups excluding tert-OH is 1. The number of fused-ring (bicyclic) bond motifs is 1. The Morgan fingerprint density at radius 2 is 2.31 bits per heavy atom. The van der Waals surface area contributed by atoms with Crippen molar-refractivity contribution in [3.8, 4) is 0 Å². The average Bonchev–Trinajstić information content (AvgIpc) is 2.39. The number of aliphatic hydroxyl groups is 1. The van der Waals surface area contributed by atoms with Crippen LogP contribution < -0.4 is 0 Å². The molecule has 0 aliphatic heterocycles. The van der Waals surface area contributed by atoms with Crippen LogP contribution in [-0.4, -0.2) is 19.5 Å². The number of nitrogens with zero attached hydrogens (tertiary/aromatic N) is 3. The summed E-state index contributed by atoms with van der Waals surface area (Å²) in [5, 5.41) is 9.51. The zero-order valence-electron chi connectivity index (χ0n) is 7.60. The lowest BCUT2D eigenvalue weighted by Gasteiger charge is -2.04. The molecule has 13 heavy (non-hydrogen) atoms. The molecule has 0 aliphatic carbocycles. The van der Waals surface area contributed by atoms with Gasteiger partial charge in [-0.15, -0.1) is 0 Å². The van der Waals surface area contributed by atoms with Crippen LogP contribution in [0, 0.1) is 6.92 Å². The Kier molecular flexibility index (Phi) is 1.77. The maximum absolute atomic E-state index is 9.51. The Labute approximate surface area is 75.9 Å². The Bertz CT molecular complexity index is 433. The van der Waals surface area contributed by atoms with E-state index in [0.717, 1.165) is 17.0 Å². The zero-order chi connectivity index (χ0) is 9.42. The normalized spacial score (nSPS) is 13.5. The van der Waals surface area contributed by atoms with E-state index in [4.69, 9.17) is 0 Å². The van der Waals surface area contributed by atoms with Crippen LogP contribution in [-0.2, 0) is 0 Å². The predicted octanol–water partition coefficient (Wildman–Crippen LogP) is 1.09. The summed E-state index contributed by atoms with van der Waals surface area (Å²) in [5.41, 5.74) is 2.45. The lowest BCUT2D eigenvalue weighted by molar-refractivity contribution is 0.192. The van der Waals surface area contributed by atoms with Gasteiger partial charge in [-0.2, -0.15) is 0 Å². The van der Waals surface area contributed by atoms with Crippen LogP contribution in [0.25, 0.3) is 5.65 Å². The van der Waals surface area contributed by atoms with Crippen molar-refractivity contribution >= 4 is 5.65 Å². The van der Waals surface area contributed by atoms with Gasteiger partial charge in [-0.05, 0) is 13.8 Å². The standard InChI is InChI=1S/C9H11N3O/c1-6-9(7(2)13)12-4-3-10-5-8(12)11-6/h3-5,7,13H,1-2H3. The molecule has 2 aromatic heterocycles. The maximum atomic E-state index is 9.51. The molecule has 0 bridgehead atoms. The van der Waals surface area contributed by atoms with Gasteiger partial charge in [0.05, 0.1) is 23.7 Å². The molecule has 0 radical (unpaired) electrons. The number of hydrogen-bond acceptors (Lipinski definition) is 3. The summed E-state index contributed by atoms with van der Waals surface area (Å²) >= 11 is 0. The molecule has 68 valence electrons. The van der Waals surface area contributed by atoms with Gasteiger partial charge in [-0.3, -0.25) is 9.38 Å². The maximum Gasteiger partial charge on any atom is 0.155 e. The van der Waals surface area contributed by atoms with Gasteiger partial charge >= 0.3 is 0 Å². The van der Waals surface area contributed by atoms with Crippen LogP contribution in [0.1, 0.15) is 24.4 Å². The second-order valence-electron chi connectivity index (χ2n) is 3.06. The molecule has 1 unspecified atom stereocenters. The average molecular weight is 177 g/mol. The summed E-state index contributed by atoms with van der Waals surface area (Å²) < 4.78 is 1.85. The molecule has 4 heteroatoms. The van der Waals surface area contributed by atoms with Gasteiger partial charge in [0.1, 0.15) is 0 Å². The molecule has 0 fully saturated rings. The highest BCUT2D eigenvalue weighted by molar-refractivity contribution is 5.40. The SMILES string of the molecule is Cc1nc2cnccn2c1C(C)O. The smallest absolute Gasteiger partial charge is 0.155 e. The van der Waals surface area contributed by atoms with E-state index in [2.05, 4.69) is 9.97 Å². The van der Waals surface area contributed by atoms with Gasteiger partial charge < -0.3 is 5.11 Å². The van der Waals surface area contributed by atoms with E-state index >= 15 is 0 Å². The fraction of sp³-hybridized carbons (Fsp3) is 0.333. The van der Waals surface area contributed by atoms with E-state index in [0.29, 0.717) is 0 Å². The van der Waals surface area contributed by atoms with Crippen molar-refractivity contribution in [2.24, 2.45) is 0 Å². The minimum absolute atomic E-state index is 0.502. The molecule has 4 nitrogen and oxygen atoms in total. The van der Waals surface area contributed by atoms with Crippen molar-refractivity contribution in [1.82, 2.24) is 14.4 Å². The third-order valence-electron chi connectivity index (χ3n) is 2.05. The molecule has 0 saturated carbocycles. The molecule has 1 atom stereocenters. The van der Waals surface area contributed by atoms with Gasteiger partial charge in [0.25, 0.3) is 0 Å². The topological polar surface area (TPSA) is 50.4 Å². The zero-order valence-corrected chi connectivity index (χ0v) is 7.60. The van der Waals surface area contributed by atoms with E-state index in [1.165, 1.54) is 0 Å². The molecule has 2 aromatic rings. The van der Waals surface area contributed by atoms with Gasteiger partial charge in [0.15, 0.2) is 5.65 Å². The van der Waals surface area contributed by atoms with E-state index in [9.17, 15) is 5.11 Å². The molecule has 2 rings (SSSR count). The molecule has 0 amide bonds. The second-order valence-corrected chi connectivity index (χ2v) is 3.06. The monoisotopic (exact) mass is 177 g/mol. The summed E-state index contributed by atoms with van der Waals surface area (Å²) in [6, 6.07) is 0. The van der Waals surface area contributed by atoms with E-state index in [-0.39, 0.29) is 0 Å². The molecular formula is C9H11N3O. The highest BCUT2D eigenvalue weighted by atomic mass is 16.3. The van der Waals surface area contributed by atoms with Crippen LogP contribution in [0.4, 0.5) is 0 Å². The third-order valence-corrected chi connectivity index (χ3v) is 2.05. The first-order chi connectivity index (χ1) is 6.20. The minimum Gasteiger partial charge on any atom is -0.387 e. The summed E-state index contributed by atoms with van der Waals surface area (Å²) in [6.45, 7) is 3.62. The van der Waals surface area contributed by atoms with Gasteiger partial charge in [-0.1, -0.05) is 0 Å². The summed E-state index contributed by atoms with van der Waals surface area (Å²) in [5.74, 6) is 0. The largest absolute Gasteiger partial charge is 0.387 e. The first kappa shape index (κ1) is 8.19. The van der Waals surface area contributed by atoms with Gasteiger partial charge in [0.2, 0.25) is 0 Å². The van der Waals surface area contributed by atoms with Crippen molar-refractivity contribution in [3.63, 3.8) is 0 Å². The Balaban J connectivity index is 2.78. The Hall–Kier alpha value is -1.42.